The van der Waals surface area contributed by atoms with Gasteiger partial charge in [0.1, 0.15) is 5.82 Å². The summed E-state index contributed by atoms with van der Waals surface area (Å²) in [5.41, 5.74) is 10.8. The number of aryl methyl sites for hydroxylation is 2. The van der Waals surface area contributed by atoms with E-state index in [0.29, 0.717) is 11.8 Å². The van der Waals surface area contributed by atoms with Gasteiger partial charge in [-0.05, 0) is 54.7 Å². The van der Waals surface area contributed by atoms with E-state index in [-0.39, 0.29) is 0 Å². The molecular weight excluding hydrogens is 260 g/mol. The second kappa shape index (κ2) is 4.74. The maximum absolute atomic E-state index is 6.01. The first-order valence-electron chi connectivity index (χ1n) is 7.21. The molecule has 4 heteroatoms. The molecule has 4 rings (SSSR count). The molecule has 0 saturated carbocycles. The molecule has 0 bridgehead atoms. The Morgan fingerprint density at radius 1 is 0.952 bits per heavy atom. The highest BCUT2D eigenvalue weighted by atomic mass is 15.1. The topological polar surface area (TPSA) is 63.8 Å². The van der Waals surface area contributed by atoms with Crippen molar-refractivity contribution in [3.63, 3.8) is 0 Å². The molecule has 1 heterocycles. The van der Waals surface area contributed by atoms with Crippen molar-refractivity contribution < 1.29 is 0 Å². The number of nitrogens with one attached hydrogen (secondary N) is 1. The highest BCUT2D eigenvalue weighted by Gasteiger charge is 2.11. The van der Waals surface area contributed by atoms with E-state index in [1.165, 1.54) is 24.0 Å². The van der Waals surface area contributed by atoms with Crippen molar-refractivity contribution in [1.29, 1.82) is 0 Å². The maximum atomic E-state index is 6.01. The zero-order valence-electron chi connectivity index (χ0n) is 11.6. The quantitative estimate of drug-likeness (QED) is 0.752. The first kappa shape index (κ1) is 12.1. The van der Waals surface area contributed by atoms with Crippen molar-refractivity contribution in [3.05, 3.63) is 53.6 Å². The predicted molar refractivity (Wildman–Crippen MR) is 85.7 cm³/mol. The Bertz CT molecular complexity index is 826. The van der Waals surface area contributed by atoms with Crippen molar-refractivity contribution in [3.8, 4) is 0 Å². The van der Waals surface area contributed by atoms with E-state index < -0.39 is 0 Å². The minimum atomic E-state index is 0.504. The van der Waals surface area contributed by atoms with Crippen LogP contribution in [0.5, 0.6) is 0 Å². The van der Waals surface area contributed by atoms with Gasteiger partial charge in [-0.1, -0.05) is 18.2 Å². The normalized spacial score (nSPS) is 13.3. The summed E-state index contributed by atoms with van der Waals surface area (Å²) in [6.07, 6.45) is 3.60. The molecule has 0 fully saturated rings. The molecule has 3 N–H and O–H groups in total. The standard InChI is InChI=1S/C17H16N4/c18-16-14-6-1-2-7-15(14)20-17(21-16)19-13-9-8-11-4-3-5-12(11)10-13/h1-2,6-10H,3-5H2,(H3,18,19,20,21). The zero-order chi connectivity index (χ0) is 14.2. The average molecular weight is 276 g/mol. The summed E-state index contributed by atoms with van der Waals surface area (Å²) in [7, 11) is 0. The fourth-order valence-electron chi connectivity index (χ4n) is 2.94. The lowest BCUT2D eigenvalue weighted by Gasteiger charge is -2.09. The molecule has 0 unspecified atom stereocenters. The summed E-state index contributed by atoms with van der Waals surface area (Å²) in [5.74, 6) is 1.05. The van der Waals surface area contributed by atoms with Crippen molar-refractivity contribution in [2.75, 3.05) is 11.1 Å². The number of hydrogen-bond acceptors (Lipinski definition) is 4. The molecule has 1 aromatic heterocycles. The molecule has 21 heavy (non-hydrogen) atoms. The third kappa shape index (κ3) is 2.18. The molecule has 2 aromatic carbocycles. The molecule has 0 atom stereocenters. The van der Waals surface area contributed by atoms with Crippen LogP contribution in [0.25, 0.3) is 10.9 Å². The Morgan fingerprint density at radius 2 is 1.81 bits per heavy atom. The monoisotopic (exact) mass is 276 g/mol. The van der Waals surface area contributed by atoms with E-state index >= 15 is 0 Å². The lowest BCUT2D eigenvalue weighted by atomic mass is 10.1. The van der Waals surface area contributed by atoms with Gasteiger partial charge in [0, 0.05) is 11.1 Å². The van der Waals surface area contributed by atoms with Gasteiger partial charge in [0.15, 0.2) is 0 Å². The third-order valence-corrected chi connectivity index (χ3v) is 3.99. The van der Waals surface area contributed by atoms with Crippen LogP contribution in [-0.4, -0.2) is 9.97 Å². The number of aromatic nitrogens is 2. The van der Waals surface area contributed by atoms with Crippen molar-refractivity contribution in [2.45, 2.75) is 19.3 Å². The predicted octanol–water partition coefficient (Wildman–Crippen LogP) is 3.44. The number of fused-ring (bicyclic) bond motifs is 2. The Morgan fingerprint density at radius 3 is 2.76 bits per heavy atom. The molecule has 0 saturated heterocycles. The summed E-state index contributed by atoms with van der Waals surface area (Å²) in [4.78, 5) is 8.87. The minimum absolute atomic E-state index is 0.504. The van der Waals surface area contributed by atoms with Crippen LogP contribution in [0.4, 0.5) is 17.5 Å². The second-order valence-electron chi connectivity index (χ2n) is 5.41. The van der Waals surface area contributed by atoms with E-state index in [0.717, 1.165) is 23.0 Å². The first-order chi connectivity index (χ1) is 10.3. The minimum Gasteiger partial charge on any atom is -0.383 e. The summed E-state index contributed by atoms with van der Waals surface area (Å²) in [6.45, 7) is 0. The lowest BCUT2D eigenvalue weighted by molar-refractivity contribution is 0.912. The van der Waals surface area contributed by atoms with Crippen LogP contribution in [0.2, 0.25) is 0 Å². The SMILES string of the molecule is Nc1nc(Nc2ccc3c(c2)CCC3)nc2ccccc12. The number of rotatable bonds is 2. The van der Waals surface area contributed by atoms with E-state index in [2.05, 4.69) is 33.5 Å². The molecule has 3 aromatic rings. The number of benzene rings is 2. The molecule has 4 nitrogen and oxygen atoms in total. The van der Waals surface area contributed by atoms with Crippen molar-refractivity contribution in [2.24, 2.45) is 0 Å². The number of nitrogens with zero attached hydrogens (tertiary/aromatic N) is 2. The summed E-state index contributed by atoms with van der Waals surface area (Å²) in [6, 6.07) is 14.2. The average Bonchev–Trinajstić information content (AvgIpc) is 2.95. The smallest absolute Gasteiger partial charge is 0.229 e. The van der Waals surface area contributed by atoms with E-state index in [1.54, 1.807) is 0 Å². The third-order valence-electron chi connectivity index (χ3n) is 3.99. The van der Waals surface area contributed by atoms with Gasteiger partial charge >= 0.3 is 0 Å². The highest BCUT2D eigenvalue weighted by molar-refractivity contribution is 5.89. The van der Waals surface area contributed by atoms with Gasteiger partial charge in [0.2, 0.25) is 5.95 Å². The molecule has 1 aliphatic carbocycles. The van der Waals surface area contributed by atoms with Gasteiger partial charge < -0.3 is 11.1 Å². The number of para-hydroxylation sites is 1. The largest absolute Gasteiger partial charge is 0.383 e. The Balaban J connectivity index is 1.71. The lowest BCUT2D eigenvalue weighted by Crippen LogP contribution is -2.01. The van der Waals surface area contributed by atoms with Gasteiger partial charge in [-0.25, -0.2) is 4.98 Å². The van der Waals surface area contributed by atoms with Crippen LogP contribution < -0.4 is 11.1 Å². The van der Waals surface area contributed by atoms with Crippen LogP contribution in [0, 0.1) is 0 Å². The van der Waals surface area contributed by atoms with E-state index in [9.17, 15) is 0 Å². The van der Waals surface area contributed by atoms with Crippen LogP contribution in [0.15, 0.2) is 42.5 Å². The fraction of sp³-hybridized carbons (Fsp3) is 0.176. The fourth-order valence-corrected chi connectivity index (χ4v) is 2.94. The molecule has 104 valence electrons. The molecule has 0 amide bonds. The van der Waals surface area contributed by atoms with Crippen molar-refractivity contribution >= 4 is 28.4 Å². The number of hydrogen-bond donors (Lipinski definition) is 2. The molecule has 1 aliphatic rings. The Kier molecular flexibility index (Phi) is 2.74. The Labute approximate surface area is 123 Å². The van der Waals surface area contributed by atoms with Crippen molar-refractivity contribution in [1.82, 2.24) is 9.97 Å². The van der Waals surface area contributed by atoms with Gasteiger partial charge in [-0.15, -0.1) is 0 Å². The molecule has 0 radical (unpaired) electrons. The highest BCUT2D eigenvalue weighted by Crippen LogP contribution is 2.27. The van der Waals surface area contributed by atoms with Crippen LogP contribution in [0.1, 0.15) is 17.5 Å². The second-order valence-corrected chi connectivity index (χ2v) is 5.41. The van der Waals surface area contributed by atoms with E-state index in [1.807, 2.05) is 24.3 Å². The molecular formula is C17H16N4. The Hall–Kier alpha value is -2.62. The summed E-state index contributed by atoms with van der Waals surface area (Å²) < 4.78 is 0. The van der Waals surface area contributed by atoms with Gasteiger partial charge in [-0.3, -0.25) is 0 Å². The number of nitrogen functional groups attached to an aromatic ring is 1. The van der Waals surface area contributed by atoms with Gasteiger partial charge in [-0.2, -0.15) is 4.98 Å². The van der Waals surface area contributed by atoms with E-state index in [4.69, 9.17) is 5.73 Å². The first-order valence-corrected chi connectivity index (χ1v) is 7.21. The van der Waals surface area contributed by atoms with Crippen LogP contribution in [0.3, 0.4) is 0 Å². The molecule has 0 spiro atoms. The van der Waals surface area contributed by atoms with Crippen LogP contribution >= 0.6 is 0 Å². The molecule has 0 aliphatic heterocycles. The van der Waals surface area contributed by atoms with Crippen LogP contribution in [-0.2, 0) is 12.8 Å². The summed E-state index contributed by atoms with van der Waals surface area (Å²) >= 11 is 0. The number of anilines is 3. The van der Waals surface area contributed by atoms with Gasteiger partial charge in [0.25, 0.3) is 0 Å². The zero-order valence-corrected chi connectivity index (χ0v) is 11.6. The summed E-state index contributed by atoms with van der Waals surface area (Å²) in [5, 5.41) is 4.15. The van der Waals surface area contributed by atoms with Gasteiger partial charge in [0.05, 0.1) is 5.52 Å². The number of nitrogens with two attached hydrogens (primary N) is 1. The maximum Gasteiger partial charge on any atom is 0.229 e.